The van der Waals surface area contributed by atoms with E-state index in [1.54, 1.807) is 0 Å². The molecule has 2 fully saturated rings. The van der Waals surface area contributed by atoms with Gasteiger partial charge in [0.2, 0.25) is 0 Å². The maximum absolute atomic E-state index is 9.50. The highest BCUT2D eigenvalue weighted by Gasteiger charge is 2.35. The van der Waals surface area contributed by atoms with E-state index >= 15 is 0 Å². The number of pyridine rings is 1. The van der Waals surface area contributed by atoms with E-state index in [2.05, 4.69) is 33.9 Å². The molecule has 0 spiro atoms. The van der Waals surface area contributed by atoms with Crippen molar-refractivity contribution in [3.8, 4) is 6.07 Å². The molecule has 23 heavy (non-hydrogen) atoms. The smallest absolute Gasteiger partial charge is 0.146 e. The highest BCUT2D eigenvalue weighted by Crippen LogP contribution is 2.30. The van der Waals surface area contributed by atoms with Gasteiger partial charge < -0.3 is 9.80 Å². The van der Waals surface area contributed by atoms with Crippen LogP contribution in [0.15, 0.2) is 6.07 Å². The second kappa shape index (κ2) is 6.10. The van der Waals surface area contributed by atoms with Crippen molar-refractivity contribution in [2.24, 2.45) is 0 Å². The number of piperazine rings is 1. The first-order valence-electron chi connectivity index (χ1n) is 8.85. The number of aryl methyl sites for hydroxylation is 2. The maximum atomic E-state index is 9.50. The van der Waals surface area contributed by atoms with Crippen LogP contribution < -0.4 is 4.90 Å². The van der Waals surface area contributed by atoms with Gasteiger partial charge in [-0.3, -0.25) is 4.90 Å². The molecule has 5 nitrogen and oxygen atoms in total. The summed E-state index contributed by atoms with van der Waals surface area (Å²) in [5.74, 6) is 0.929. The van der Waals surface area contributed by atoms with E-state index in [0.29, 0.717) is 6.04 Å². The number of nitrogens with zero attached hydrogens (tertiary/aromatic N) is 5. The van der Waals surface area contributed by atoms with Crippen LogP contribution in [0.5, 0.6) is 0 Å². The molecule has 1 aromatic rings. The molecule has 0 bridgehead atoms. The minimum atomic E-state index is 0.632. The van der Waals surface area contributed by atoms with Crippen molar-refractivity contribution in [1.82, 2.24) is 14.8 Å². The second-order valence-corrected chi connectivity index (χ2v) is 7.18. The Morgan fingerprint density at radius 1 is 1.13 bits per heavy atom. The zero-order chi connectivity index (χ0) is 15.8. The number of hydrogen-bond donors (Lipinski definition) is 0. The fraction of sp³-hybridized carbons (Fsp3) is 0.667. The Bertz CT molecular complexity index is 621. The Morgan fingerprint density at radius 3 is 2.61 bits per heavy atom. The molecular weight excluding hydrogens is 286 g/mol. The summed E-state index contributed by atoms with van der Waals surface area (Å²) in [6.45, 7) is 6.69. The van der Waals surface area contributed by atoms with Crippen LogP contribution in [0.4, 0.5) is 5.82 Å². The highest BCUT2D eigenvalue weighted by atomic mass is 15.4. The third-order valence-electron chi connectivity index (χ3n) is 5.62. The molecule has 0 aromatic carbocycles. The summed E-state index contributed by atoms with van der Waals surface area (Å²) >= 11 is 0. The van der Waals surface area contributed by atoms with Crippen molar-refractivity contribution in [2.45, 2.75) is 31.7 Å². The molecule has 5 heteroatoms. The number of nitriles is 1. The number of fused-ring (bicyclic) bond motifs is 1. The molecule has 2 saturated heterocycles. The Hall–Kier alpha value is -1.64. The lowest BCUT2D eigenvalue weighted by molar-refractivity contribution is 0.0960. The average Bonchev–Trinajstić information content (AvgIpc) is 2.54. The van der Waals surface area contributed by atoms with Gasteiger partial charge in [-0.15, -0.1) is 0 Å². The van der Waals surface area contributed by atoms with Crippen LogP contribution in [0.25, 0.3) is 0 Å². The van der Waals surface area contributed by atoms with Gasteiger partial charge in [0.05, 0.1) is 5.56 Å². The molecule has 1 aromatic heterocycles. The van der Waals surface area contributed by atoms with Crippen LogP contribution in [-0.2, 0) is 12.8 Å². The van der Waals surface area contributed by atoms with Gasteiger partial charge in [0.1, 0.15) is 11.9 Å². The lowest BCUT2D eigenvalue weighted by atomic mass is 9.94. The van der Waals surface area contributed by atoms with Crippen LogP contribution in [-0.4, -0.2) is 67.1 Å². The van der Waals surface area contributed by atoms with Crippen LogP contribution in [0.2, 0.25) is 0 Å². The predicted molar refractivity (Wildman–Crippen MR) is 90.7 cm³/mol. The summed E-state index contributed by atoms with van der Waals surface area (Å²) in [7, 11) is 2.20. The normalized spacial score (nSPS) is 23.2. The first-order valence-corrected chi connectivity index (χ1v) is 8.85. The SMILES string of the molecule is CN1CCN(C2CN(c3nc4c(cc3C#N)CCCC4)C2)CC1. The van der Waals surface area contributed by atoms with E-state index in [4.69, 9.17) is 4.98 Å². The lowest BCUT2D eigenvalue weighted by Gasteiger charge is -2.48. The van der Waals surface area contributed by atoms with Crippen molar-refractivity contribution in [2.75, 3.05) is 51.2 Å². The highest BCUT2D eigenvalue weighted by molar-refractivity contribution is 5.58. The molecule has 3 aliphatic rings. The first kappa shape index (κ1) is 14.9. The predicted octanol–water partition coefficient (Wildman–Crippen LogP) is 1.27. The van der Waals surface area contributed by atoms with Gasteiger partial charge in [-0.25, -0.2) is 4.98 Å². The van der Waals surface area contributed by atoms with Gasteiger partial charge in [0.15, 0.2) is 0 Å². The van der Waals surface area contributed by atoms with Gasteiger partial charge in [0.25, 0.3) is 0 Å². The minimum Gasteiger partial charge on any atom is -0.352 e. The Morgan fingerprint density at radius 2 is 1.87 bits per heavy atom. The van der Waals surface area contributed by atoms with E-state index < -0.39 is 0 Å². The molecule has 0 radical (unpaired) electrons. The molecule has 0 saturated carbocycles. The fourth-order valence-electron chi connectivity index (χ4n) is 3.99. The quantitative estimate of drug-likeness (QED) is 0.823. The van der Waals surface area contributed by atoms with Crippen molar-refractivity contribution >= 4 is 5.82 Å². The molecule has 0 amide bonds. The van der Waals surface area contributed by atoms with Crippen LogP contribution in [0, 0.1) is 11.3 Å². The summed E-state index contributed by atoms with van der Waals surface area (Å²) in [6.07, 6.45) is 4.62. The van der Waals surface area contributed by atoms with Gasteiger partial charge in [0, 0.05) is 51.0 Å². The summed E-state index contributed by atoms with van der Waals surface area (Å²) in [4.78, 5) is 12.2. The van der Waals surface area contributed by atoms with E-state index in [1.165, 1.54) is 24.1 Å². The van der Waals surface area contributed by atoms with Crippen LogP contribution in [0.1, 0.15) is 29.7 Å². The zero-order valence-electron chi connectivity index (χ0n) is 14.0. The van der Waals surface area contributed by atoms with Gasteiger partial charge >= 0.3 is 0 Å². The zero-order valence-corrected chi connectivity index (χ0v) is 14.0. The Balaban J connectivity index is 1.46. The Kier molecular flexibility index (Phi) is 3.96. The van der Waals surface area contributed by atoms with E-state index in [0.717, 1.165) is 63.5 Å². The van der Waals surface area contributed by atoms with Crippen molar-refractivity contribution in [1.29, 1.82) is 5.26 Å². The van der Waals surface area contributed by atoms with Crippen molar-refractivity contribution < 1.29 is 0 Å². The average molecular weight is 311 g/mol. The molecule has 122 valence electrons. The van der Waals surface area contributed by atoms with Gasteiger partial charge in [-0.2, -0.15) is 5.26 Å². The number of anilines is 1. The summed E-state index contributed by atoms with van der Waals surface area (Å²) in [5, 5.41) is 9.50. The minimum absolute atomic E-state index is 0.632. The van der Waals surface area contributed by atoms with E-state index in [9.17, 15) is 5.26 Å². The Labute approximate surface area is 138 Å². The summed E-state index contributed by atoms with van der Waals surface area (Å²) < 4.78 is 0. The molecule has 3 heterocycles. The summed E-state index contributed by atoms with van der Waals surface area (Å²) in [6, 6.07) is 5.10. The number of rotatable bonds is 2. The second-order valence-electron chi connectivity index (χ2n) is 7.18. The molecule has 4 rings (SSSR count). The molecule has 1 aliphatic carbocycles. The largest absolute Gasteiger partial charge is 0.352 e. The first-order chi connectivity index (χ1) is 11.2. The number of hydrogen-bond acceptors (Lipinski definition) is 5. The third kappa shape index (κ3) is 2.82. The van der Waals surface area contributed by atoms with Crippen molar-refractivity contribution in [3.63, 3.8) is 0 Å². The number of likely N-dealkylation sites (N-methyl/N-ethyl adjacent to an activating group) is 1. The number of aromatic nitrogens is 1. The van der Waals surface area contributed by atoms with E-state index in [-0.39, 0.29) is 0 Å². The molecule has 2 aliphatic heterocycles. The van der Waals surface area contributed by atoms with Crippen molar-refractivity contribution in [3.05, 3.63) is 22.9 Å². The van der Waals surface area contributed by atoms with Gasteiger partial charge in [-0.05, 0) is 44.4 Å². The lowest BCUT2D eigenvalue weighted by Crippen LogP contribution is -2.63. The van der Waals surface area contributed by atoms with E-state index in [1.807, 2.05) is 0 Å². The molecule has 0 N–H and O–H groups in total. The maximum Gasteiger partial charge on any atom is 0.146 e. The van der Waals surface area contributed by atoms with Crippen LogP contribution in [0.3, 0.4) is 0 Å². The van der Waals surface area contributed by atoms with Crippen LogP contribution >= 0.6 is 0 Å². The standard InChI is InChI=1S/C18H25N5/c1-21-6-8-22(9-7-21)16-12-23(13-16)18-15(11-19)10-14-4-2-3-5-17(14)20-18/h10,16H,2-9,12-13H2,1H3. The molecule has 0 unspecified atom stereocenters. The van der Waals surface area contributed by atoms with Gasteiger partial charge in [-0.1, -0.05) is 0 Å². The summed E-state index contributed by atoms with van der Waals surface area (Å²) in [5.41, 5.74) is 3.29. The molecule has 0 atom stereocenters. The third-order valence-corrected chi connectivity index (χ3v) is 5.62. The fourth-order valence-corrected chi connectivity index (χ4v) is 3.99. The topological polar surface area (TPSA) is 46.4 Å². The monoisotopic (exact) mass is 311 g/mol. The molecular formula is C18H25N5.